The van der Waals surface area contributed by atoms with Crippen molar-refractivity contribution in [1.29, 1.82) is 0 Å². The fourth-order valence-electron chi connectivity index (χ4n) is 2.21. The summed E-state index contributed by atoms with van der Waals surface area (Å²) in [6.45, 7) is 1.01. The summed E-state index contributed by atoms with van der Waals surface area (Å²) in [5.74, 6) is 0.565. The molecule has 2 bridgehead atoms. The Labute approximate surface area is 71.1 Å². The van der Waals surface area contributed by atoms with E-state index in [1.165, 1.54) is 5.70 Å². The lowest BCUT2D eigenvalue weighted by molar-refractivity contribution is 0.310. The number of nitrogens with zero attached hydrogens (tertiary/aromatic N) is 1. The summed E-state index contributed by atoms with van der Waals surface area (Å²) in [5, 5.41) is 10.9. The van der Waals surface area contributed by atoms with Crippen LogP contribution in [0.15, 0.2) is 17.0 Å². The van der Waals surface area contributed by atoms with Crippen LogP contribution in [0.3, 0.4) is 0 Å². The van der Waals surface area contributed by atoms with E-state index in [0.29, 0.717) is 18.0 Å². The molecule has 0 aromatic carbocycles. The van der Waals surface area contributed by atoms with Crippen LogP contribution in [-0.2, 0) is 0 Å². The normalized spacial score (nSPS) is 42.0. The maximum absolute atomic E-state index is 4.12. The van der Waals surface area contributed by atoms with Gasteiger partial charge in [-0.3, -0.25) is 0 Å². The van der Waals surface area contributed by atoms with Gasteiger partial charge in [0.25, 0.3) is 0 Å². The van der Waals surface area contributed by atoms with Gasteiger partial charge in [0.15, 0.2) is 0 Å². The number of hydrogen-bond acceptors (Lipinski definition) is 4. The van der Waals surface area contributed by atoms with Gasteiger partial charge in [0.2, 0.25) is 0 Å². The highest BCUT2D eigenvalue weighted by molar-refractivity contribution is 5.65. The molecule has 12 heavy (non-hydrogen) atoms. The smallest absolute Gasteiger partial charge is 0.0593 e. The maximum Gasteiger partial charge on any atom is 0.0593 e. The van der Waals surface area contributed by atoms with Crippen molar-refractivity contribution in [2.75, 3.05) is 6.54 Å². The van der Waals surface area contributed by atoms with Crippen molar-refractivity contribution in [3.8, 4) is 0 Å². The van der Waals surface area contributed by atoms with Gasteiger partial charge in [-0.05, 0) is 0 Å². The first-order valence-electron chi connectivity index (χ1n) is 4.41. The van der Waals surface area contributed by atoms with Gasteiger partial charge in [-0.15, -0.1) is 0 Å². The van der Waals surface area contributed by atoms with E-state index >= 15 is 0 Å². The molecule has 1 saturated heterocycles. The lowest BCUT2D eigenvalue weighted by atomic mass is 9.85. The van der Waals surface area contributed by atoms with Crippen molar-refractivity contribution in [2.45, 2.75) is 18.5 Å². The molecule has 3 rings (SSSR count). The summed E-state index contributed by atoms with van der Waals surface area (Å²) in [6, 6.07) is 1.06. The number of rotatable bonds is 0. The molecule has 4 nitrogen and oxygen atoms in total. The van der Waals surface area contributed by atoms with Gasteiger partial charge in [0, 0.05) is 37.0 Å². The molecular formula is C8H12N4. The zero-order chi connectivity index (χ0) is 7.97. The van der Waals surface area contributed by atoms with E-state index in [4.69, 9.17) is 0 Å². The highest BCUT2D eigenvalue weighted by Crippen LogP contribution is 2.25. The Morgan fingerprint density at radius 3 is 3.42 bits per heavy atom. The van der Waals surface area contributed by atoms with Gasteiger partial charge in [-0.2, -0.15) is 5.10 Å². The Kier molecular flexibility index (Phi) is 1.14. The fraction of sp³-hybridized carbons (Fsp3) is 0.625. The molecule has 0 aliphatic carbocycles. The molecule has 64 valence electrons. The Hall–Kier alpha value is -1.19. The van der Waals surface area contributed by atoms with E-state index in [1.807, 2.05) is 6.21 Å². The van der Waals surface area contributed by atoms with Crippen molar-refractivity contribution in [2.24, 2.45) is 11.0 Å². The van der Waals surface area contributed by atoms with Gasteiger partial charge in [-0.25, -0.2) is 0 Å². The molecule has 3 atom stereocenters. The van der Waals surface area contributed by atoms with Crippen LogP contribution in [-0.4, -0.2) is 24.8 Å². The van der Waals surface area contributed by atoms with Crippen LogP contribution in [0.4, 0.5) is 0 Å². The number of fused-ring (bicyclic) bond motifs is 4. The summed E-state index contributed by atoms with van der Waals surface area (Å²) in [5.41, 5.74) is 4.46. The van der Waals surface area contributed by atoms with E-state index in [0.717, 1.165) is 13.0 Å². The first-order chi connectivity index (χ1) is 5.93. The first-order valence-corrected chi connectivity index (χ1v) is 4.41. The van der Waals surface area contributed by atoms with Gasteiger partial charge in [0.1, 0.15) is 0 Å². The third-order valence-corrected chi connectivity index (χ3v) is 2.84. The minimum atomic E-state index is 0.530. The van der Waals surface area contributed by atoms with Crippen LogP contribution in [0.25, 0.3) is 0 Å². The molecule has 3 aliphatic rings. The summed E-state index contributed by atoms with van der Waals surface area (Å²) in [7, 11) is 0. The maximum atomic E-state index is 4.12. The molecule has 0 aromatic rings. The SMILES string of the molecule is C1=NNC2CC3=CNCC(N3)C12. The molecule has 3 aliphatic heterocycles. The second kappa shape index (κ2) is 2.15. The highest BCUT2D eigenvalue weighted by atomic mass is 15.3. The van der Waals surface area contributed by atoms with Gasteiger partial charge >= 0.3 is 0 Å². The van der Waals surface area contributed by atoms with Crippen molar-refractivity contribution in [3.05, 3.63) is 11.9 Å². The van der Waals surface area contributed by atoms with E-state index in [2.05, 4.69) is 27.4 Å². The van der Waals surface area contributed by atoms with Crippen molar-refractivity contribution in [3.63, 3.8) is 0 Å². The number of hydrogen-bond donors (Lipinski definition) is 3. The van der Waals surface area contributed by atoms with E-state index < -0.39 is 0 Å². The molecule has 4 heteroatoms. The van der Waals surface area contributed by atoms with Crippen molar-refractivity contribution in [1.82, 2.24) is 16.1 Å². The minimum Gasteiger partial charge on any atom is -0.387 e. The molecule has 0 spiro atoms. The number of piperidine rings is 1. The van der Waals surface area contributed by atoms with E-state index in [9.17, 15) is 0 Å². The standard InChI is InChI=1S/C8H12N4/c1-5-2-9-4-8(11-5)6-3-10-12-7(1)6/h2-3,6-9,11-12H,1,4H2. The summed E-state index contributed by atoms with van der Waals surface area (Å²) >= 11 is 0. The molecule has 0 aromatic heterocycles. The molecule has 0 amide bonds. The highest BCUT2D eigenvalue weighted by Gasteiger charge is 2.37. The summed E-state index contributed by atoms with van der Waals surface area (Å²) < 4.78 is 0. The molecule has 0 saturated carbocycles. The van der Waals surface area contributed by atoms with Crippen LogP contribution in [0, 0.1) is 5.92 Å². The Morgan fingerprint density at radius 2 is 2.42 bits per heavy atom. The topological polar surface area (TPSA) is 48.5 Å². The quantitative estimate of drug-likeness (QED) is 0.446. The lowest BCUT2D eigenvalue weighted by Gasteiger charge is -2.38. The third kappa shape index (κ3) is 0.748. The van der Waals surface area contributed by atoms with Gasteiger partial charge in [0.05, 0.1) is 12.1 Å². The fourth-order valence-corrected chi connectivity index (χ4v) is 2.21. The third-order valence-electron chi connectivity index (χ3n) is 2.84. The van der Waals surface area contributed by atoms with Crippen LogP contribution in [0.5, 0.6) is 0 Å². The molecular weight excluding hydrogens is 152 g/mol. The largest absolute Gasteiger partial charge is 0.387 e. The Morgan fingerprint density at radius 1 is 1.42 bits per heavy atom. The zero-order valence-electron chi connectivity index (χ0n) is 6.75. The molecule has 3 N–H and O–H groups in total. The molecule has 3 unspecified atom stereocenters. The summed E-state index contributed by atoms with van der Waals surface area (Å²) in [4.78, 5) is 0. The average molecular weight is 164 g/mol. The predicted molar refractivity (Wildman–Crippen MR) is 46.5 cm³/mol. The number of nitrogens with one attached hydrogen (secondary N) is 3. The molecule has 0 radical (unpaired) electrons. The molecule has 3 heterocycles. The lowest BCUT2D eigenvalue weighted by Crippen LogP contribution is -2.55. The minimum absolute atomic E-state index is 0.530. The first kappa shape index (κ1) is 6.34. The van der Waals surface area contributed by atoms with Gasteiger partial charge < -0.3 is 16.1 Å². The zero-order valence-corrected chi connectivity index (χ0v) is 6.75. The Bertz CT molecular complexity index is 258. The van der Waals surface area contributed by atoms with Crippen molar-refractivity contribution < 1.29 is 0 Å². The predicted octanol–water partition coefficient (Wildman–Crippen LogP) is -0.633. The van der Waals surface area contributed by atoms with Crippen LogP contribution in [0.1, 0.15) is 6.42 Å². The van der Waals surface area contributed by atoms with E-state index in [-0.39, 0.29) is 0 Å². The second-order valence-electron chi connectivity index (χ2n) is 3.62. The van der Waals surface area contributed by atoms with Gasteiger partial charge in [-0.1, -0.05) is 0 Å². The number of hydrazone groups is 1. The van der Waals surface area contributed by atoms with Crippen LogP contribution >= 0.6 is 0 Å². The van der Waals surface area contributed by atoms with Crippen LogP contribution < -0.4 is 16.1 Å². The Balaban J connectivity index is 1.92. The average Bonchev–Trinajstić information content (AvgIpc) is 2.53. The van der Waals surface area contributed by atoms with Crippen LogP contribution in [0.2, 0.25) is 0 Å². The monoisotopic (exact) mass is 164 g/mol. The summed E-state index contributed by atoms with van der Waals surface area (Å²) in [6.07, 6.45) is 5.17. The molecule has 1 fully saturated rings. The van der Waals surface area contributed by atoms with Crippen molar-refractivity contribution >= 4 is 6.21 Å². The second-order valence-corrected chi connectivity index (χ2v) is 3.62. The van der Waals surface area contributed by atoms with E-state index in [1.54, 1.807) is 0 Å².